The van der Waals surface area contributed by atoms with Gasteiger partial charge in [-0.2, -0.15) is 5.10 Å². The number of likely N-dealkylation sites (tertiary alicyclic amines) is 1. The number of aliphatic hydroxyl groups excluding tert-OH is 1. The van der Waals surface area contributed by atoms with Crippen LogP contribution in [0.15, 0.2) is 30.5 Å². The maximum absolute atomic E-state index is 10.2. The van der Waals surface area contributed by atoms with Crippen LogP contribution < -0.4 is 5.32 Å². The van der Waals surface area contributed by atoms with E-state index in [0.717, 1.165) is 49.7 Å². The van der Waals surface area contributed by atoms with E-state index in [-0.39, 0.29) is 18.2 Å². The number of nitrogens with one attached hydrogen (secondary N) is 1. The van der Waals surface area contributed by atoms with Crippen LogP contribution in [0.25, 0.3) is 0 Å². The monoisotopic (exact) mass is 418 g/mol. The van der Waals surface area contributed by atoms with E-state index in [1.54, 1.807) is 0 Å². The molecular weight excluding hydrogens is 384 g/mol. The van der Waals surface area contributed by atoms with Crippen molar-refractivity contribution in [3.63, 3.8) is 0 Å². The minimum absolute atomic E-state index is 0.171. The summed E-state index contributed by atoms with van der Waals surface area (Å²) >= 11 is 6.13. The van der Waals surface area contributed by atoms with E-state index < -0.39 is 0 Å². The Labute approximate surface area is 180 Å². The molecule has 0 bridgehead atoms. The van der Waals surface area contributed by atoms with Gasteiger partial charge in [-0.1, -0.05) is 37.6 Å². The van der Waals surface area contributed by atoms with Crippen LogP contribution in [0.3, 0.4) is 0 Å². The molecule has 0 aliphatic carbocycles. The molecule has 5 nitrogen and oxygen atoms in total. The van der Waals surface area contributed by atoms with Crippen LogP contribution in [0, 0.1) is 12.8 Å². The third-order valence-corrected chi connectivity index (χ3v) is 6.55. The maximum atomic E-state index is 10.2. The molecule has 1 aromatic heterocycles. The van der Waals surface area contributed by atoms with Crippen molar-refractivity contribution in [2.75, 3.05) is 19.7 Å². The van der Waals surface area contributed by atoms with E-state index >= 15 is 0 Å². The predicted octanol–water partition coefficient (Wildman–Crippen LogP) is 4.18. The predicted molar refractivity (Wildman–Crippen MR) is 119 cm³/mol. The van der Waals surface area contributed by atoms with Crippen LogP contribution in [0.4, 0.5) is 0 Å². The topological polar surface area (TPSA) is 53.3 Å². The van der Waals surface area contributed by atoms with Gasteiger partial charge in [-0.3, -0.25) is 9.58 Å². The fraction of sp³-hybridized carbons (Fsp3) is 0.609. The van der Waals surface area contributed by atoms with Crippen molar-refractivity contribution in [2.24, 2.45) is 5.92 Å². The Morgan fingerprint density at radius 1 is 1.28 bits per heavy atom. The minimum atomic E-state index is -0.201. The van der Waals surface area contributed by atoms with E-state index in [1.807, 2.05) is 16.8 Å². The van der Waals surface area contributed by atoms with Crippen molar-refractivity contribution < 1.29 is 5.11 Å². The second kappa shape index (κ2) is 9.61. The van der Waals surface area contributed by atoms with Gasteiger partial charge in [0.15, 0.2) is 0 Å². The normalized spacial score (nSPS) is 25.0. The van der Waals surface area contributed by atoms with Gasteiger partial charge in [0.1, 0.15) is 0 Å². The fourth-order valence-corrected chi connectivity index (χ4v) is 5.01. The molecule has 1 aliphatic heterocycles. The molecule has 0 amide bonds. The van der Waals surface area contributed by atoms with E-state index in [1.165, 1.54) is 11.1 Å². The molecule has 1 aliphatic rings. The summed E-state index contributed by atoms with van der Waals surface area (Å²) in [5.74, 6) is 0.416. The third-order valence-electron chi connectivity index (χ3n) is 6.29. The van der Waals surface area contributed by atoms with Crippen LogP contribution in [-0.4, -0.2) is 45.0 Å². The minimum Gasteiger partial charge on any atom is -0.394 e. The Morgan fingerprint density at radius 2 is 2.00 bits per heavy atom. The summed E-state index contributed by atoms with van der Waals surface area (Å²) in [5.41, 5.74) is 3.43. The summed E-state index contributed by atoms with van der Waals surface area (Å²) in [7, 11) is 0. The number of halogens is 1. The third kappa shape index (κ3) is 4.85. The molecular formula is C23H35ClN4O. The SMILES string of the molecule is CCCn1cc(CNC[C@H]2C[C@@](C)(CO)N(CC)[C@H]2c2ccc(Cl)cc2)c(C)n1. The van der Waals surface area contributed by atoms with Gasteiger partial charge < -0.3 is 10.4 Å². The zero-order chi connectivity index (χ0) is 21.0. The molecule has 0 unspecified atom stereocenters. The van der Waals surface area contributed by atoms with Gasteiger partial charge >= 0.3 is 0 Å². The fourth-order valence-electron chi connectivity index (χ4n) is 4.88. The average molecular weight is 419 g/mol. The highest BCUT2D eigenvalue weighted by Gasteiger charge is 2.47. The average Bonchev–Trinajstić information content (AvgIpc) is 3.19. The molecule has 160 valence electrons. The lowest BCUT2D eigenvalue weighted by Crippen LogP contribution is -2.45. The number of hydrogen-bond donors (Lipinski definition) is 2. The highest BCUT2D eigenvalue weighted by molar-refractivity contribution is 6.30. The van der Waals surface area contributed by atoms with Gasteiger partial charge in [0.2, 0.25) is 0 Å². The summed E-state index contributed by atoms with van der Waals surface area (Å²) in [5, 5.41) is 19.2. The highest BCUT2D eigenvalue weighted by Crippen LogP contribution is 2.46. The van der Waals surface area contributed by atoms with Gasteiger partial charge in [0, 0.05) is 48.0 Å². The second-order valence-electron chi connectivity index (χ2n) is 8.54. The molecule has 1 fully saturated rings. The quantitative estimate of drug-likeness (QED) is 0.641. The zero-order valence-electron chi connectivity index (χ0n) is 18.2. The van der Waals surface area contributed by atoms with Gasteiger partial charge in [-0.05, 0) is 56.8 Å². The molecule has 2 N–H and O–H groups in total. The number of aliphatic hydroxyl groups is 1. The molecule has 2 aromatic rings. The van der Waals surface area contributed by atoms with Crippen LogP contribution >= 0.6 is 11.6 Å². The lowest BCUT2D eigenvalue weighted by atomic mass is 9.90. The number of hydrogen-bond acceptors (Lipinski definition) is 4. The molecule has 0 radical (unpaired) electrons. The van der Waals surface area contributed by atoms with Crippen LogP contribution in [-0.2, 0) is 13.1 Å². The van der Waals surface area contributed by atoms with Crippen LogP contribution in [0.1, 0.15) is 56.5 Å². The van der Waals surface area contributed by atoms with E-state index in [2.05, 4.69) is 61.3 Å². The molecule has 0 spiro atoms. The Bertz CT molecular complexity index is 791. The number of benzene rings is 1. The first kappa shape index (κ1) is 22.3. The molecule has 29 heavy (non-hydrogen) atoms. The summed E-state index contributed by atoms with van der Waals surface area (Å²) in [4.78, 5) is 2.45. The molecule has 6 heteroatoms. The Balaban J connectivity index is 1.74. The summed E-state index contributed by atoms with van der Waals surface area (Å²) in [6.07, 6.45) is 4.21. The standard InChI is InChI=1S/C23H35ClN4O/c1-5-11-27-15-20(17(3)26-27)14-25-13-19-12-23(4,16-29)28(6-2)22(19)18-7-9-21(24)10-8-18/h7-10,15,19,22,25,29H,5-6,11-14,16H2,1-4H3/t19-,22+,23+/m1/s1. The first-order valence-electron chi connectivity index (χ1n) is 10.8. The number of nitrogens with zero attached hydrogens (tertiary/aromatic N) is 3. The van der Waals surface area contributed by atoms with Crippen molar-refractivity contribution in [3.05, 3.63) is 52.3 Å². The van der Waals surface area contributed by atoms with Crippen LogP contribution in [0.2, 0.25) is 5.02 Å². The number of rotatable bonds is 9. The van der Waals surface area contributed by atoms with Gasteiger partial charge in [-0.15, -0.1) is 0 Å². The Morgan fingerprint density at radius 3 is 2.62 bits per heavy atom. The largest absolute Gasteiger partial charge is 0.394 e. The van der Waals surface area contributed by atoms with Crippen molar-refractivity contribution in [2.45, 2.75) is 65.2 Å². The number of aromatic nitrogens is 2. The maximum Gasteiger partial charge on any atom is 0.0638 e. The first-order chi connectivity index (χ1) is 13.9. The number of likely N-dealkylation sites (N-methyl/N-ethyl adjacent to an activating group) is 1. The van der Waals surface area contributed by atoms with Gasteiger partial charge in [0.25, 0.3) is 0 Å². The second-order valence-corrected chi connectivity index (χ2v) is 8.97. The summed E-state index contributed by atoms with van der Waals surface area (Å²) in [6.45, 7) is 12.4. The molecule has 3 atom stereocenters. The van der Waals surface area contributed by atoms with E-state index in [0.29, 0.717) is 5.92 Å². The molecule has 1 aromatic carbocycles. The van der Waals surface area contributed by atoms with Crippen molar-refractivity contribution in [1.82, 2.24) is 20.0 Å². The van der Waals surface area contributed by atoms with Crippen LogP contribution in [0.5, 0.6) is 0 Å². The van der Waals surface area contributed by atoms with Gasteiger partial charge in [0.05, 0.1) is 12.3 Å². The zero-order valence-corrected chi connectivity index (χ0v) is 18.9. The summed E-state index contributed by atoms with van der Waals surface area (Å²) in [6, 6.07) is 8.46. The van der Waals surface area contributed by atoms with Crippen molar-refractivity contribution in [1.29, 1.82) is 0 Å². The molecule has 1 saturated heterocycles. The molecule has 0 saturated carbocycles. The number of aryl methyl sites for hydroxylation is 2. The van der Waals surface area contributed by atoms with E-state index in [4.69, 9.17) is 11.6 Å². The highest BCUT2D eigenvalue weighted by atomic mass is 35.5. The Kier molecular flexibility index (Phi) is 7.38. The van der Waals surface area contributed by atoms with E-state index in [9.17, 15) is 5.11 Å². The molecule has 2 heterocycles. The lowest BCUT2D eigenvalue weighted by molar-refractivity contribution is 0.0579. The van der Waals surface area contributed by atoms with Gasteiger partial charge in [-0.25, -0.2) is 0 Å². The van der Waals surface area contributed by atoms with Crippen molar-refractivity contribution >= 4 is 11.6 Å². The smallest absolute Gasteiger partial charge is 0.0638 e. The first-order valence-corrected chi connectivity index (χ1v) is 11.2. The van der Waals surface area contributed by atoms with Crippen molar-refractivity contribution in [3.8, 4) is 0 Å². The Hall–Kier alpha value is -1.40. The molecule has 3 rings (SSSR count). The lowest BCUT2D eigenvalue weighted by Gasteiger charge is -2.37. The summed E-state index contributed by atoms with van der Waals surface area (Å²) < 4.78 is 2.04.